The zero-order valence-electron chi connectivity index (χ0n) is 8.09. The summed E-state index contributed by atoms with van der Waals surface area (Å²) in [5.74, 6) is 0. The van der Waals surface area contributed by atoms with E-state index in [1.807, 2.05) is 0 Å². The minimum absolute atomic E-state index is 0.0111. The first kappa shape index (κ1) is 10.6. The molecule has 1 N–H and O–H groups in total. The quantitative estimate of drug-likeness (QED) is 0.662. The van der Waals surface area contributed by atoms with Crippen molar-refractivity contribution in [3.8, 4) is 0 Å². The van der Waals surface area contributed by atoms with Crippen LogP contribution in [0.2, 0.25) is 0 Å². The Labute approximate surface area is 88.5 Å². The molecular formula is C9H12N2O3S. The highest BCUT2D eigenvalue weighted by Gasteiger charge is 2.30. The molecule has 0 bridgehead atoms. The van der Waals surface area contributed by atoms with Crippen LogP contribution in [0.15, 0.2) is 35.2 Å². The highest BCUT2D eigenvalue weighted by molar-refractivity contribution is 7.89. The van der Waals surface area contributed by atoms with Gasteiger partial charge in [-0.1, -0.05) is 18.2 Å². The Balaban J connectivity index is 2.28. The number of rotatable bonds is 2. The van der Waals surface area contributed by atoms with Crippen molar-refractivity contribution in [1.82, 2.24) is 4.31 Å². The maximum absolute atomic E-state index is 12.0. The molecule has 6 heteroatoms. The fourth-order valence-electron chi connectivity index (χ4n) is 1.55. The summed E-state index contributed by atoms with van der Waals surface area (Å²) in [6.45, 7) is 0.638. The second-order valence-corrected chi connectivity index (χ2v) is 5.38. The first-order valence-electron chi connectivity index (χ1n) is 4.67. The summed E-state index contributed by atoms with van der Waals surface area (Å²) in [5, 5.41) is 11.0. The summed E-state index contributed by atoms with van der Waals surface area (Å²) in [6, 6.07) is 8.18. The van der Waals surface area contributed by atoms with Crippen molar-refractivity contribution in [3.63, 3.8) is 0 Å². The van der Waals surface area contributed by atoms with Gasteiger partial charge in [-0.15, -0.1) is 4.31 Å². The summed E-state index contributed by atoms with van der Waals surface area (Å²) in [6.07, 6.45) is 0. The van der Waals surface area contributed by atoms with E-state index in [2.05, 4.69) is 0 Å². The lowest BCUT2D eigenvalue weighted by atomic mass is 10.4. The monoisotopic (exact) mass is 228 g/mol. The van der Waals surface area contributed by atoms with Crippen molar-refractivity contribution in [3.05, 3.63) is 35.5 Å². The van der Waals surface area contributed by atoms with Crippen molar-refractivity contribution in [2.45, 2.75) is 4.90 Å². The van der Waals surface area contributed by atoms with Crippen molar-refractivity contribution >= 4 is 10.0 Å². The molecule has 1 unspecified atom stereocenters. The normalized spacial score (nSPS) is 23.1. The fourth-order valence-corrected chi connectivity index (χ4v) is 3.00. The lowest BCUT2D eigenvalue weighted by Crippen LogP contribution is -3.05. The van der Waals surface area contributed by atoms with Gasteiger partial charge in [-0.25, -0.2) is 8.42 Å². The molecule has 1 heterocycles. The third kappa shape index (κ3) is 2.03. The van der Waals surface area contributed by atoms with E-state index in [0.29, 0.717) is 13.1 Å². The van der Waals surface area contributed by atoms with Gasteiger partial charge in [0.2, 0.25) is 10.0 Å². The predicted molar refractivity (Wildman–Crippen MR) is 54.4 cm³/mol. The number of nitrogens with zero attached hydrogens (tertiary/aromatic N) is 1. The molecule has 0 amide bonds. The highest BCUT2D eigenvalue weighted by Crippen LogP contribution is 2.14. The number of benzene rings is 1. The molecule has 1 saturated heterocycles. The van der Waals surface area contributed by atoms with Gasteiger partial charge in [0.25, 0.3) is 0 Å². The van der Waals surface area contributed by atoms with E-state index in [-0.39, 0.29) is 16.6 Å². The van der Waals surface area contributed by atoms with Gasteiger partial charge in [0.15, 0.2) is 0 Å². The summed E-state index contributed by atoms with van der Waals surface area (Å²) in [5.41, 5.74) is 0. The second kappa shape index (κ2) is 3.90. The summed E-state index contributed by atoms with van der Waals surface area (Å²) < 4.78 is 25.1. The first-order chi connectivity index (χ1) is 7.10. The van der Waals surface area contributed by atoms with Crippen LogP contribution in [0.25, 0.3) is 0 Å². The molecule has 1 aromatic carbocycles. The Morgan fingerprint density at radius 3 is 2.47 bits per heavy atom. The maximum atomic E-state index is 12.0. The first-order valence-corrected chi connectivity index (χ1v) is 6.11. The van der Waals surface area contributed by atoms with Crippen molar-refractivity contribution in [1.29, 1.82) is 0 Å². The molecule has 0 aromatic heterocycles. The van der Waals surface area contributed by atoms with E-state index >= 15 is 0 Å². The number of hydrogen-bond donors (Lipinski definition) is 1. The molecule has 1 aliphatic heterocycles. The zero-order chi connectivity index (χ0) is 10.9. The summed E-state index contributed by atoms with van der Waals surface area (Å²) in [7, 11) is -3.46. The third-order valence-electron chi connectivity index (χ3n) is 2.37. The summed E-state index contributed by atoms with van der Waals surface area (Å²) >= 11 is 0. The van der Waals surface area contributed by atoms with Crippen LogP contribution in [-0.2, 0) is 10.0 Å². The number of hydroxylamine groups is 2. The van der Waals surface area contributed by atoms with E-state index < -0.39 is 10.0 Å². The Bertz CT molecular complexity index is 432. The van der Waals surface area contributed by atoms with Crippen molar-refractivity contribution in [2.24, 2.45) is 0 Å². The molecule has 1 aliphatic rings. The Kier molecular flexibility index (Phi) is 2.74. The van der Waals surface area contributed by atoms with Gasteiger partial charge in [0, 0.05) is 0 Å². The Hall–Kier alpha value is -0.950. The average molecular weight is 228 g/mol. The molecule has 1 fully saturated rings. The molecule has 0 saturated carbocycles. The standard InChI is InChI=1S/C9H12N2O3S/c12-10-6-7-11(8-10)15(13,14)9-4-2-1-3-5-9/h1-5,10H,6-8H2. The SMILES string of the molecule is O=S(=O)(c1ccccc1)N1CC[NH+]([O-])C1. The van der Waals surface area contributed by atoms with Crippen LogP contribution < -0.4 is 5.06 Å². The molecule has 2 rings (SSSR count). The molecule has 0 aliphatic carbocycles. The third-order valence-corrected chi connectivity index (χ3v) is 4.23. The van der Waals surface area contributed by atoms with Crippen LogP contribution in [-0.4, -0.2) is 32.5 Å². The molecule has 15 heavy (non-hydrogen) atoms. The van der Waals surface area contributed by atoms with E-state index in [9.17, 15) is 13.6 Å². The van der Waals surface area contributed by atoms with Crippen LogP contribution in [0.5, 0.6) is 0 Å². The van der Waals surface area contributed by atoms with Gasteiger partial charge < -0.3 is 10.3 Å². The smallest absolute Gasteiger partial charge is 0.247 e. The molecule has 0 spiro atoms. The highest BCUT2D eigenvalue weighted by atomic mass is 32.2. The molecule has 5 nitrogen and oxygen atoms in total. The Morgan fingerprint density at radius 2 is 1.93 bits per heavy atom. The Morgan fingerprint density at radius 1 is 1.27 bits per heavy atom. The van der Waals surface area contributed by atoms with Gasteiger partial charge in [-0.3, -0.25) is 0 Å². The minimum atomic E-state index is -3.46. The van der Waals surface area contributed by atoms with Crippen LogP contribution in [0, 0.1) is 5.21 Å². The van der Waals surface area contributed by atoms with Crippen LogP contribution in [0.4, 0.5) is 0 Å². The van der Waals surface area contributed by atoms with Crippen molar-refractivity contribution < 1.29 is 13.5 Å². The molecule has 82 valence electrons. The van der Waals surface area contributed by atoms with Crippen LogP contribution >= 0.6 is 0 Å². The van der Waals surface area contributed by atoms with Crippen molar-refractivity contribution in [2.75, 3.05) is 19.8 Å². The van der Waals surface area contributed by atoms with Gasteiger partial charge in [-0.05, 0) is 12.1 Å². The largest absolute Gasteiger partial charge is 0.633 e. The van der Waals surface area contributed by atoms with E-state index in [4.69, 9.17) is 0 Å². The molecule has 0 radical (unpaired) electrons. The fraction of sp³-hybridized carbons (Fsp3) is 0.333. The predicted octanol–water partition coefficient (Wildman–Crippen LogP) is -0.969. The van der Waals surface area contributed by atoms with Gasteiger partial charge in [-0.2, -0.15) is 0 Å². The van der Waals surface area contributed by atoms with E-state index in [1.165, 1.54) is 16.4 Å². The number of sulfonamides is 1. The van der Waals surface area contributed by atoms with Gasteiger partial charge in [0.05, 0.1) is 18.0 Å². The average Bonchev–Trinajstić information content (AvgIpc) is 2.67. The maximum Gasteiger partial charge on any atom is 0.247 e. The van der Waals surface area contributed by atoms with Gasteiger partial charge >= 0.3 is 0 Å². The van der Waals surface area contributed by atoms with E-state index in [0.717, 1.165) is 0 Å². The number of quaternary nitrogens is 1. The topological polar surface area (TPSA) is 64.9 Å². The molecule has 1 aromatic rings. The van der Waals surface area contributed by atoms with Crippen LogP contribution in [0.3, 0.4) is 0 Å². The lowest BCUT2D eigenvalue weighted by Gasteiger charge is -2.16. The second-order valence-electron chi connectivity index (χ2n) is 3.44. The van der Waals surface area contributed by atoms with Gasteiger partial charge in [0.1, 0.15) is 6.67 Å². The van der Waals surface area contributed by atoms with E-state index in [1.54, 1.807) is 18.2 Å². The number of nitrogens with one attached hydrogen (secondary N) is 1. The number of hydrogen-bond acceptors (Lipinski definition) is 3. The summed E-state index contributed by atoms with van der Waals surface area (Å²) in [4.78, 5) is 0.250. The minimum Gasteiger partial charge on any atom is -0.633 e. The zero-order valence-corrected chi connectivity index (χ0v) is 8.90. The lowest BCUT2D eigenvalue weighted by molar-refractivity contribution is -0.837. The molecule has 1 atom stereocenters. The molecular weight excluding hydrogens is 216 g/mol. The van der Waals surface area contributed by atoms with Crippen LogP contribution in [0.1, 0.15) is 0 Å².